The van der Waals surface area contributed by atoms with Gasteiger partial charge in [0.15, 0.2) is 0 Å². The third-order valence-corrected chi connectivity index (χ3v) is 7.25. The van der Waals surface area contributed by atoms with Crippen molar-refractivity contribution in [1.82, 2.24) is 15.1 Å². The lowest BCUT2D eigenvalue weighted by molar-refractivity contribution is -0.139. The van der Waals surface area contributed by atoms with E-state index in [0.717, 1.165) is 25.7 Å². The van der Waals surface area contributed by atoms with E-state index in [-0.39, 0.29) is 35.7 Å². The van der Waals surface area contributed by atoms with Gasteiger partial charge >= 0.3 is 0 Å². The fourth-order valence-electron chi connectivity index (χ4n) is 4.93. The number of likely N-dealkylation sites (tertiary alicyclic amines) is 2. The van der Waals surface area contributed by atoms with E-state index in [0.29, 0.717) is 51.6 Å². The van der Waals surface area contributed by atoms with Crippen LogP contribution in [-0.2, 0) is 19.2 Å². The van der Waals surface area contributed by atoms with Crippen LogP contribution in [0, 0.1) is 0 Å². The Morgan fingerprint density at radius 1 is 0.622 bits per heavy atom. The smallest absolute Gasteiger partial charge is 0.229 e. The molecule has 0 aliphatic carbocycles. The molecule has 2 aliphatic heterocycles. The van der Waals surface area contributed by atoms with Crippen molar-refractivity contribution in [3.8, 4) is 0 Å². The van der Waals surface area contributed by atoms with E-state index < -0.39 is 0 Å². The van der Waals surface area contributed by atoms with Crippen LogP contribution in [0.1, 0.15) is 117 Å². The molecule has 7 nitrogen and oxygen atoms in total. The van der Waals surface area contributed by atoms with E-state index in [1.54, 1.807) is 0 Å². The van der Waals surface area contributed by atoms with Crippen molar-refractivity contribution in [2.24, 2.45) is 0 Å². The maximum Gasteiger partial charge on any atom is 0.229 e. The molecule has 7 heteroatoms. The molecule has 1 N–H and O–H groups in total. The summed E-state index contributed by atoms with van der Waals surface area (Å²) in [7, 11) is 0. The molecule has 2 saturated heterocycles. The molecule has 0 radical (unpaired) electrons. The Kier molecular flexibility index (Phi) is 15.1. The zero-order chi connectivity index (χ0) is 26.9. The van der Waals surface area contributed by atoms with Crippen molar-refractivity contribution in [1.29, 1.82) is 0 Å². The molecule has 2 unspecified atom stereocenters. The number of rotatable bonds is 20. The molecule has 2 rings (SSSR count). The molecule has 0 aromatic carbocycles. The highest BCUT2D eigenvalue weighted by molar-refractivity contribution is 6.02. The molecule has 2 fully saturated rings. The average Bonchev–Trinajstić information content (AvgIpc) is 3.38. The third kappa shape index (κ3) is 11.8. The number of hydrogen-bond acceptors (Lipinski definition) is 5. The van der Waals surface area contributed by atoms with Crippen molar-refractivity contribution in [3.63, 3.8) is 0 Å². The number of allylic oxidation sites excluding steroid dienone is 2. The van der Waals surface area contributed by atoms with Crippen LogP contribution in [0.4, 0.5) is 0 Å². The fourth-order valence-corrected chi connectivity index (χ4v) is 4.93. The Morgan fingerprint density at radius 2 is 1.00 bits per heavy atom. The van der Waals surface area contributed by atoms with Gasteiger partial charge in [-0.2, -0.15) is 0 Å². The quantitative estimate of drug-likeness (QED) is 0.132. The van der Waals surface area contributed by atoms with Gasteiger partial charge in [-0.1, -0.05) is 76.7 Å². The van der Waals surface area contributed by atoms with Gasteiger partial charge in [0.1, 0.15) is 0 Å². The third-order valence-electron chi connectivity index (χ3n) is 7.25. The molecule has 37 heavy (non-hydrogen) atoms. The highest BCUT2D eigenvalue weighted by Gasteiger charge is 2.30. The second kappa shape index (κ2) is 18.1. The van der Waals surface area contributed by atoms with Crippen LogP contribution in [-0.4, -0.2) is 58.6 Å². The number of hydrogen-bond donors (Lipinski definition) is 1. The molecule has 0 saturated carbocycles. The van der Waals surface area contributed by atoms with Crippen LogP contribution in [0.3, 0.4) is 0 Å². The second-order valence-electron chi connectivity index (χ2n) is 10.4. The lowest BCUT2D eigenvalue weighted by Gasteiger charge is -2.25. The second-order valence-corrected chi connectivity index (χ2v) is 10.4. The van der Waals surface area contributed by atoms with E-state index in [4.69, 9.17) is 0 Å². The molecular formula is C30H49N3O4. The highest BCUT2D eigenvalue weighted by Crippen LogP contribution is 2.16. The topological polar surface area (TPSA) is 86.8 Å². The Hall–Kier alpha value is -2.28. The molecule has 0 aromatic heterocycles. The zero-order valence-electron chi connectivity index (χ0n) is 23.2. The molecule has 208 valence electrons. The monoisotopic (exact) mass is 515 g/mol. The summed E-state index contributed by atoms with van der Waals surface area (Å²) in [6.45, 7) is 5.23. The largest absolute Gasteiger partial charge is 0.304 e. The molecule has 0 bridgehead atoms. The van der Waals surface area contributed by atoms with E-state index in [1.807, 2.05) is 0 Å². The minimum atomic E-state index is -0.0816. The Balaban J connectivity index is 2.03. The summed E-state index contributed by atoms with van der Waals surface area (Å²) in [6, 6.07) is -0.0146. The van der Waals surface area contributed by atoms with Gasteiger partial charge in [-0.3, -0.25) is 29.0 Å². The minimum absolute atomic E-state index is 0.00732. The summed E-state index contributed by atoms with van der Waals surface area (Å²) in [6.07, 6.45) is 23.0. The van der Waals surface area contributed by atoms with Gasteiger partial charge in [-0.25, -0.2) is 0 Å². The van der Waals surface area contributed by atoms with E-state index in [2.05, 4.69) is 43.5 Å². The Bertz CT molecular complexity index is 696. The van der Waals surface area contributed by atoms with E-state index >= 15 is 0 Å². The fraction of sp³-hybridized carbons (Fsp3) is 0.733. The maximum absolute atomic E-state index is 12.1. The van der Waals surface area contributed by atoms with Crippen molar-refractivity contribution in [3.05, 3.63) is 24.3 Å². The number of imide groups is 2. The van der Waals surface area contributed by atoms with Crippen LogP contribution >= 0.6 is 0 Å². The average molecular weight is 516 g/mol. The number of carbonyl (C=O) groups excluding carboxylic acids is 4. The SMILES string of the molecule is CCCCCCC=CC(CCN1C(=O)CCC1=O)NC(C=CCCCCCC)CCN1C(=O)CCC1=O. The van der Waals surface area contributed by atoms with Gasteiger partial charge in [0.25, 0.3) is 0 Å². The number of nitrogens with one attached hydrogen (secondary N) is 1. The minimum Gasteiger partial charge on any atom is -0.304 e. The summed E-state index contributed by atoms with van der Waals surface area (Å²) in [4.78, 5) is 51.3. The van der Waals surface area contributed by atoms with Gasteiger partial charge in [0.2, 0.25) is 23.6 Å². The molecular weight excluding hydrogens is 466 g/mol. The van der Waals surface area contributed by atoms with Gasteiger partial charge in [0.05, 0.1) is 0 Å². The Labute approximate surface area is 224 Å². The number of nitrogens with zero attached hydrogens (tertiary/aromatic N) is 2. The number of carbonyl (C=O) groups is 4. The van der Waals surface area contributed by atoms with Crippen molar-refractivity contribution < 1.29 is 19.2 Å². The predicted octanol–water partition coefficient (Wildman–Crippen LogP) is 5.44. The number of amides is 4. The lowest BCUT2D eigenvalue weighted by atomic mass is 10.1. The predicted molar refractivity (Wildman–Crippen MR) is 148 cm³/mol. The first-order chi connectivity index (χ1) is 18.0. The van der Waals surface area contributed by atoms with Gasteiger partial charge in [-0.05, 0) is 38.5 Å². The standard InChI is InChI=1S/C30H49N3O4/c1-3-5-7-9-11-13-15-25(21-23-32-27(34)17-18-28(32)35)31-26(16-14-12-10-8-6-4-2)22-24-33-29(36)19-20-30(33)37/h13-16,25-26,31H,3-12,17-24H2,1-2H3. The molecule has 2 atom stereocenters. The molecule has 2 aliphatic rings. The first-order valence-corrected chi connectivity index (χ1v) is 14.7. The molecule has 0 spiro atoms. The highest BCUT2D eigenvalue weighted by atomic mass is 16.2. The number of unbranched alkanes of at least 4 members (excludes halogenated alkanes) is 8. The van der Waals surface area contributed by atoms with Crippen LogP contribution in [0.25, 0.3) is 0 Å². The summed E-state index contributed by atoms with van der Waals surface area (Å²) in [5.41, 5.74) is 0. The van der Waals surface area contributed by atoms with E-state index in [1.165, 1.54) is 48.3 Å². The summed E-state index contributed by atoms with van der Waals surface area (Å²) in [5, 5.41) is 3.69. The summed E-state index contributed by atoms with van der Waals surface area (Å²) < 4.78 is 0. The molecule has 0 aromatic rings. The first kappa shape index (κ1) is 30.9. The van der Waals surface area contributed by atoms with Gasteiger partial charge in [-0.15, -0.1) is 0 Å². The van der Waals surface area contributed by atoms with Crippen LogP contribution in [0.5, 0.6) is 0 Å². The maximum atomic E-state index is 12.1. The van der Waals surface area contributed by atoms with E-state index in [9.17, 15) is 19.2 Å². The summed E-state index contributed by atoms with van der Waals surface area (Å²) >= 11 is 0. The van der Waals surface area contributed by atoms with Crippen LogP contribution in [0.2, 0.25) is 0 Å². The normalized spacial score (nSPS) is 18.3. The van der Waals surface area contributed by atoms with Crippen LogP contribution in [0.15, 0.2) is 24.3 Å². The lowest BCUT2D eigenvalue weighted by Crippen LogP contribution is -2.42. The van der Waals surface area contributed by atoms with Crippen molar-refractivity contribution in [2.75, 3.05) is 13.1 Å². The molecule has 2 heterocycles. The Morgan fingerprint density at radius 3 is 1.35 bits per heavy atom. The van der Waals surface area contributed by atoms with Crippen LogP contribution < -0.4 is 5.32 Å². The van der Waals surface area contributed by atoms with Gasteiger partial charge in [0, 0.05) is 50.9 Å². The zero-order valence-corrected chi connectivity index (χ0v) is 23.2. The van der Waals surface area contributed by atoms with Crippen molar-refractivity contribution >= 4 is 23.6 Å². The first-order valence-electron chi connectivity index (χ1n) is 14.7. The van der Waals surface area contributed by atoms with Gasteiger partial charge < -0.3 is 5.32 Å². The molecule has 4 amide bonds. The van der Waals surface area contributed by atoms with Crippen molar-refractivity contribution in [2.45, 2.75) is 129 Å². The summed E-state index contributed by atoms with van der Waals surface area (Å²) in [5.74, 6) is -0.326.